The van der Waals surface area contributed by atoms with Crippen molar-refractivity contribution in [2.75, 3.05) is 11.9 Å². The van der Waals surface area contributed by atoms with Crippen molar-refractivity contribution in [3.05, 3.63) is 21.6 Å². The predicted molar refractivity (Wildman–Crippen MR) is 66.0 cm³/mol. The molecule has 1 aromatic rings. The molecule has 0 unspecified atom stereocenters. The summed E-state index contributed by atoms with van der Waals surface area (Å²) in [5, 5.41) is 6.97. The van der Waals surface area contributed by atoms with Crippen molar-refractivity contribution in [2.24, 2.45) is 12.8 Å². The van der Waals surface area contributed by atoms with Gasteiger partial charge in [0, 0.05) is 20.0 Å². The molecule has 0 aliphatic heterocycles. The van der Waals surface area contributed by atoms with Crippen LogP contribution >= 0.6 is 11.6 Å². The third-order valence-corrected chi connectivity index (χ3v) is 2.61. The third kappa shape index (κ3) is 4.07. The maximum atomic E-state index is 11.4. The molecule has 1 amide bonds. The van der Waals surface area contributed by atoms with E-state index in [0.29, 0.717) is 25.1 Å². The van der Waals surface area contributed by atoms with E-state index in [1.807, 2.05) is 0 Å². The molecule has 0 aliphatic rings. The Morgan fingerprint density at radius 1 is 1.59 bits per heavy atom. The fourth-order valence-corrected chi connectivity index (χ4v) is 1.52. The van der Waals surface area contributed by atoms with E-state index in [1.54, 1.807) is 0 Å². The molecule has 0 saturated heterocycles. The molecule has 0 radical (unpaired) electrons. The molecule has 0 aromatic carbocycles. The van der Waals surface area contributed by atoms with Gasteiger partial charge in [0.15, 0.2) is 0 Å². The lowest BCUT2D eigenvalue weighted by Crippen LogP contribution is -2.21. The fourth-order valence-electron chi connectivity index (χ4n) is 1.28. The molecule has 6 nitrogen and oxygen atoms in total. The molecule has 0 fully saturated rings. The van der Waals surface area contributed by atoms with Crippen LogP contribution in [0.25, 0.3) is 0 Å². The average molecular weight is 259 g/mol. The van der Waals surface area contributed by atoms with E-state index in [-0.39, 0.29) is 16.5 Å². The van der Waals surface area contributed by atoms with Crippen LogP contribution in [0.15, 0.2) is 11.0 Å². The maximum absolute atomic E-state index is 11.4. The Morgan fingerprint density at radius 3 is 2.94 bits per heavy atom. The summed E-state index contributed by atoms with van der Waals surface area (Å²) >= 11 is 5.85. The quantitative estimate of drug-likeness (QED) is 0.727. The van der Waals surface area contributed by atoms with Crippen molar-refractivity contribution < 1.29 is 4.79 Å². The van der Waals surface area contributed by atoms with E-state index in [1.165, 1.54) is 17.9 Å². The van der Waals surface area contributed by atoms with Crippen LogP contribution in [0, 0.1) is 0 Å². The number of rotatable bonds is 6. The number of hydrogen-bond acceptors (Lipinski definition) is 4. The normalized spacial score (nSPS) is 10.2. The molecule has 7 heteroatoms. The Labute approximate surface area is 104 Å². The molecule has 0 aliphatic carbocycles. The Bertz CT molecular complexity index is 458. The number of anilines is 1. The van der Waals surface area contributed by atoms with Crippen LogP contribution in [0.4, 0.5) is 5.69 Å². The number of unbranched alkanes of at least 4 members (excludes halogenated alkanes) is 1. The van der Waals surface area contributed by atoms with Gasteiger partial charge in [-0.1, -0.05) is 11.6 Å². The van der Waals surface area contributed by atoms with Crippen molar-refractivity contribution >= 4 is 23.2 Å². The number of nitrogens with two attached hydrogens (primary N) is 1. The lowest BCUT2D eigenvalue weighted by molar-refractivity contribution is -0.118. The molecule has 0 saturated carbocycles. The van der Waals surface area contributed by atoms with Crippen LogP contribution in [0.5, 0.6) is 0 Å². The van der Waals surface area contributed by atoms with E-state index in [4.69, 9.17) is 17.3 Å². The lowest BCUT2D eigenvalue weighted by Gasteiger charge is -2.07. The van der Waals surface area contributed by atoms with Gasteiger partial charge in [0.25, 0.3) is 5.56 Å². The van der Waals surface area contributed by atoms with Gasteiger partial charge < -0.3 is 11.1 Å². The third-order valence-electron chi connectivity index (χ3n) is 2.24. The highest BCUT2D eigenvalue weighted by atomic mass is 35.5. The maximum Gasteiger partial charge on any atom is 0.287 e. The number of carbonyl (C=O) groups is 1. The summed E-state index contributed by atoms with van der Waals surface area (Å²) in [5.74, 6) is -0.307. The first kappa shape index (κ1) is 13.5. The van der Waals surface area contributed by atoms with E-state index in [2.05, 4.69) is 10.4 Å². The highest BCUT2D eigenvalue weighted by Crippen LogP contribution is 2.14. The summed E-state index contributed by atoms with van der Waals surface area (Å²) in [7, 11) is 1.53. The molecule has 1 rings (SSSR count). The highest BCUT2D eigenvalue weighted by Gasteiger charge is 2.06. The molecule has 0 spiro atoms. The molecule has 17 heavy (non-hydrogen) atoms. The summed E-state index contributed by atoms with van der Waals surface area (Å²) in [6.45, 7) is 0.613. The zero-order chi connectivity index (χ0) is 12.8. The molecule has 0 bridgehead atoms. The van der Waals surface area contributed by atoms with E-state index in [9.17, 15) is 9.59 Å². The fraction of sp³-hybridized carbons (Fsp3) is 0.500. The van der Waals surface area contributed by atoms with Gasteiger partial charge in [-0.3, -0.25) is 9.59 Å². The van der Waals surface area contributed by atoms with Gasteiger partial charge >= 0.3 is 0 Å². The van der Waals surface area contributed by atoms with Gasteiger partial charge in [-0.25, -0.2) is 4.68 Å². The zero-order valence-electron chi connectivity index (χ0n) is 9.57. The number of carbonyl (C=O) groups excluding carboxylic acids is 1. The largest absolute Gasteiger partial charge is 0.382 e. The second-order valence-corrected chi connectivity index (χ2v) is 4.03. The molecule has 94 valence electrons. The van der Waals surface area contributed by atoms with Crippen LogP contribution < -0.4 is 16.6 Å². The Hall–Kier alpha value is -1.56. The number of nitrogens with one attached hydrogen (secondary N) is 1. The first-order chi connectivity index (χ1) is 8.02. The van der Waals surface area contributed by atoms with Crippen LogP contribution in [-0.2, 0) is 11.8 Å². The van der Waals surface area contributed by atoms with Crippen molar-refractivity contribution in [3.63, 3.8) is 0 Å². The molecule has 1 heterocycles. The van der Waals surface area contributed by atoms with Gasteiger partial charge in [-0.05, 0) is 12.8 Å². The minimum Gasteiger partial charge on any atom is -0.382 e. The summed E-state index contributed by atoms with van der Waals surface area (Å²) < 4.78 is 1.17. The van der Waals surface area contributed by atoms with Crippen LogP contribution in [0.1, 0.15) is 19.3 Å². The predicted octanol–water partition coefficient (Wildman–Crippen LogP) is 0.501. The molecule has 1 aromatic heterocycles. The molecular formula is C10H15ClN4O2. The second-order valence-electron chi connectivity index (χ2n) is 3.65. The van der Waals surface area contributed by atoms with Crippen molar-refractivity contribution in [1.29, 1.82) is 0 Å². The smallest absolute Gasteiger partial charge is 0.287 e. The van der Waals surface area contributed by atoms with E-state index < -0.39 is 0 Å². The minimum atomic E-state index is -0.339. The number of nitrogens with zero attached hydrogens (tertiary/aromatic N) is 2. The van der Waals surface area contributed by atoms with Gasteiger partial charge in [0.1, 0.15) is 5.02 Å². The number of hydrogen-bond donors (Lipinski definition) is 2. The summed E-state index contributed by atoms with van der Waals surface area (Å²) in [6, 6.07) is 0. The van der Waals surface area contributed by atoms with Gasteiger partial charge in [0.05, 0.1) is 11.9 Å². The number of aryl methyl sites for hydroxylation is 1. The minimum absolute atomic E-state index is 0.123. The van der Waals surface area contributed by atoms with Crippen molar-refractivity contribution in [1.82, 2.24) is 9.78 Å². The van der Waals surface area contributed by atoms with Gasteiger partial charge in [-0.2, -0.15) is 5.10 Å². The Kier molecular flexibility index (Phi) is 4.96. The van der Waals surface area contributed by atoms with E-state index in [0.717, 1.165) is 6.42 Å². The molecule has 3 N–H and O–H groups in total. The second kappa shape index (κ2) is 6.24. The molecular weight excluding hydrogens is 244 g/mol. The van der Waals surface area contributed by atoms with E-state index >= 15 is 0 Å². The number of amides is 1. The van der Waals surface area contributed by atoms with Crippen molar-refractivity contribution in [2.45, 2.75) is 19.3 Å². The first-order valence-electron chi connectivity index (χ1n) is 5.26. The van der Waals surface area contributed by atoms with Crippen LogP contribution in [-0.4, -0.2) is 22.2 Å². The van der Waals surface area contributed by atoms with Gasteiger partial charge in [-0.15, -0.1) is 0 Å². The lowest BCUT2D eigenvalue weighted by atomic mass is 10.2. The summed E-state index contributed by atoms with van der Waals surface area (Å²) in [6.07, 6.45) is 3.34. The Morgan fingerprint density at radius 2 is 2.29 bits per heavy atom. The summed E-state index contributed by atoms with van der Waals surface area (Å²) in [4.78, 5) is 21.9. The van der Waals surface area contributed by atoms with Crippen LogP contribution in [0.2, 0.25) is 5.02 Å². The van der Waals surface area contributed by atoms with Gasteiger partial charge in [0.2, 0.25) is 5.91 Å². The monoisotopic (exact) mass is 258 g/mol. The highest BCUT2D eigenvalue weighted by molar-refractivity contribution is 6.32. The van der Waals surface area contributed by atoms with Crippen LogP contribution in [0.3, 0.4) is 0 Å². The number of primary amides is 1. The zero-order valence-corrected chi connectivity index (χ0v) is 10.3. The summed E-state index contributed by atoms with van der Waals surface area (Å²) in [5.41, 5.74) is 5.18. The SMILES string of the molecule is Cn1ncc(NCCCCC(N)=O)c(Cl)c1=O. The topological polar surface area (TPSA) is 90.0 Å². The first-order valence-corrected chi connectivity index (χ1v) is 5.64. The molecule has 0 atom stereocenters. The standard InChI is InChI=1S/C10H15ClN4O2/c1-15-10(17)9(11)7(6-14-15)13-5-3-2-4-8(12)16/h6,13H,2-5H2,1H3,(H2,12,16). The van der Waals surface area contributed by atoms with Crippen molar-refractivity contribution in [3.8, 4) is 0 Å². The Balaban J connectivity index is 2.45. The number of aromatic nitrogens is 2. The number of halogens is 1. The average Bonchev–Trinajstić information content (AvgIpc) is 2.28.